The number of nitrogens with zero attached hydrogens (tertiary/aromatic N) is 1. The summed E-state index contributed by atoms with van der Waals surface area (Å²) < 4.78 is 3.14. The first-order valence-corrected chi connectivity index (χ1v) is 10.4. The molecule has 1 aliphatic carbocycles. The quantitative estimate of drug-likeness (QED) is 0.680. The number of carbonyl (C=O) groups excluding carboxylic acids is 1. The van der Waals surface area contributed by atoms with Crippen LogP contribution in [-0.4, -0.2) is 18.5 Å². The lowest BCUT2D eigenvalue weighted by atomic mass is 9.95. The number of hydrogen-bond acceptors (Lipinski definition) is 3. The van der Waals surface area contributed by atoms with Crippen LogP contribution in [0.3, 0.4) is 0 Å². The molecule has 3 nitrogen and oxygen atoms in total. The summed E-state index contributed by atoms with van der Waals surface area (Å²) >= 11 is 5.32. The summed E-state index contributed by atoms with van der Waals surface area (Å²) in [5.41, 5.74) is 3.49. The highest BCUT2D eigenvalue weighted by molar-refractivity contribution is 9.10. The van der Waals surface area contributed by atoms with E-state index in [1.165, 1.54) is 35.3 Å². The van der Waals surface area contributed by atoms with Crippen LogP contribution in [0.2, 0.25) is 0 Å². The normalized spacial score (nSPS) is 16.9. The van der Waals surface area contributed by atoms with Crippen molar-refractivity contribution in [1.29, 1.82) is 0 Å². The van der Waals surface area contributed by atoms with E-state index in [1.54, 1.807) is 11.9 Å². The lowest BCUT2D eigenvalue weighted by molar-refractivity contribution is -0.120. The van der Waals surface area contributed by atoms with E-state index in [-0.39, 0.29) is 5.91 Å². The van der Waals surface area contributed by atoms with Crippen molar-refractivity contribution in [3.05, 3.63) is 46.9 Å². The van der Waals surface area contributed by atoms with Crippen LogP contribution < -0.4 is 9.62 Å². The van der Waals surface area contributed by atoms with Crippen LogP contribution in [0.4, 0.5) is 5.69 Å². The average Bonchev–Trinajstić information content (AvgIpc) is 2.62. The average molecular weight is 417 g/mol. The van der Waals surface area contributed by atoms with E-state index in [4.69, 9.17) is 0 Å². The Kier molecular flexibility index (Phi) is 5.04. The number of carbonyl (C=O) groups is 1. The van der Waals surface area contributed by atoms with Crippen LogP contribution in [0.1, 0.15) is 32.1 Å². The predicted octanol–water partition coefficient (Wildman–Crippen LogP) is 5.39. The van der Waals surface area contributed by atoms with E-state index in [0.717, 1.165) is 23.0 Å². The van der Waals surface area contributed by atoms with Gasteiger partial charge in [0.2, 0.25) is 5.91 Å². The third kappa shape index (κ3) is 3.58. The first-order chi connectivity index (χ1) is 12.2. The largest absolute Gasteiger partial charge is 0.352 e. The Bertz CT molecular complexity index is 789. The fraction of sp³-hybridized carbons (Fsp3) is 0.350. The molecule has 0 bridgehead atoms. The van der Waals surface area contributed by atoms with Crippen molar-refractivity contribution in [1.82, 2.24) is 5.32 Å². The molecule has 0 spiro atoms. The molecule has 2 aliphatic rings. The highest BCUT2D eigenvalue weighted by Crippen LogP contribution is 2.49. The third-order valence-corrected chi connectivity index (χ3v) is 6.60. The van der Waals surface area contributed by atoms with Gasteiger partial charge in [0.25, 0.3) is 0 Å². The molecule has 0 saturated heterocycles. The monoisotopic (exact) mass is 416 g/mol. The lowest BCUT2D eigenvalue weighted by Gasteiger charge is -2.32. The molecular weight excluding hydrogens is 396 g/mol. The van der Waals surface area contributed by atoms with Gasteiger partial charge in [-0.3, -0.25) is 4.79 Å². The van der Waals surface area contributed by atoms with Crippen LogP contribution in [0.15, 0.2) is 51.8 Å². The standard InChI is InChI=1S/C20H21BrN2OS/c21-17-11-6-10-16-15-9-4-5-12-18(15)25-23(20(16)17)13-19(24)22-14-7-2-1-3-8-14/h4-6,9-12,14H,1-3,7-8,13H2,(H,22,24). The van der Waals surface area contributed by atoms with Crippen LogP contribution in [0.25, 0.3) is 11.1 Å². The fourth-order valence-electron chi connectivity index (χ4n) is 3.68. The van der Waals surface area contributed by atoms with Gasteiger partial charge in [-0.1, -0.05) is 49.6 Å². The number of hydrogen-bond donors (Lipinski definition) is 1. The molecule has 5 heteroatoms. The minimum atomic E-state index is 0.112. The van der Waals surface area contributed by atoms with Crippen molar-refractivity contribution in [3.8, 4) is 11.1 Å². The van der Waals surface area contributed by atoms with E-state index in [1.807, 2.05) is 6.07 Å². The lowest BCUT2D eigenvalue weighted by Crippen LogP contribution is -2.41. The SMILES string of the molecule is O=C(CN1Sc2ccccc2-c2cccc(Br)c21)NC1CCCCC1. The fourth-order valence-corrected chi connectivity index (χ4v) is 5.50. The van der Waals surface area contributed by atoms with Gasteiger partial charge in [0.15, 0.2) is 0 Å². The number of rotatable bonds is 3. The summed E-state index contributed by atoms with van der Waals surface area (Å²) in [5.74, 6) is 0.112. The molecule has 0 radical (unpaired) electrons. The zero-order valence-electron chi connectivity index (χ0n) is 14.0. The van der Waals surface area contributed by atoms with E-state index >= 15 is 0 Å². The molecule has 1 heterocycles. The van der Waals surface area contributed by atoms with Crippen LogP contribution in [0.5, 0.6) is 0 Å². The van der Waals surface area contributed by atoms with Crippen LogP contribution in [0, 0.1) is 0 Å². The number of para-hydroxylation sites is 1. The smallest absolute Gasteiger partial charge is 0.240 e. The van der Waals surface area contributed by atoms with Gasteiger partial charge >= 0.3 is 0 Å². The maximum Gasteiger partial charge on any atom is 0.240 e. The zero-order valence-corrected chi connectivity index (χ0v) is 16.4. The maximum absolute atomic E-state index is 12.6. The van der Waals surface area contributed by atoms with E-state index in [9.17, 15) is 4.79 Å². The van der Waals surface area contributed by atoms with E-state index in [2.05, 4.69) is 62.0 Å². The van der Waals surface area contributed by atoms with E-state index in [0.29, 0.717) is 12.6 Å². The highest BCUT2D eigenvalue weighted by atomic mass is 79.9. The molecule has 1 amide bonds. The van der Waals surface area contributed by atoms with Gasteiger partial charge in [0.05, 0.1) is 5.69 Å². The van der Waals surface area contributed by atoms with Gasteiger partial charge in [0.1, 0.15) is 6.54 Å². The van der Waals surface area contributed by atoms with Crippen molar-refractivity contribution in [2.75, 3.05) is 10.8 Å². The van der Waals surface area contributed by atoms with Crippen molar-refractivity contribution in [2.45, 2.75) is 43.0 Å². The minimum Gasteiger partial charge on any atom is -0.352 e. The number of nitrogens with one attached hydrogen (secondary N) is 1. The van der Waals surface area contributed by atoms with Crippen molar-refractivity contribution >= 4 is 39.5 Å². The van der Waals surface area contributed by atoms with E-state index < -0.39 is 0 Å². The molecule has 1 aliphatic heterocycles. The molecule has 2 aromatic carbocycles. The van der Waals surface area contributed by atoms with Gasteiger partial charge in [-0.05, 0) is 58.4 Å². The summed E-state index contributed by atoms with van der Waals surface area (Å²) in [6.07, 6.45) is 5.98. The molecule has 0 unspecified atom stereocenters. The minimum absolute atomic E-state index is 0.112. The molecule has 2 aromatic rings. The Morgan fingerprint density at radius 3 is 2.68 bits per heavy atom. The Hall–Kier alpha value is -1.46. The summed E-state index contributed by atoms with van der Waals surface area (Å²) in [6.45, 7) is 0.366. The third-order valence-electron chi connectivity index (χ3n) is 4.88. The second-order valence-electron chi connectivity index (χ2n) is 6.66. The first kappa shape index (κ1) is 17.0. The first-order valence-electron chi connectivity index (χ1n) is 8.85. The molecule has 0 atom stereocenters. The summed E-state index contributed by atoms with van der Waals surface area (Å²) in [5, 5.41) is 3.23. The molecule has 4 rings (SSSR count). The Balaban J connectivity index is 1.57. The van der Waals surface area contributed by atoms with Gasteiger partial charge in [-0.25, -0.2) is 0 Å². The topological polar surface area (TPSA) is 32.3 Å². The number of amides is 1. The summed E-state index contributed by atoms with van der Waals surface area (Å²) in [6, 6.07) is 15.0. The number of fused-ring (bicyclic) bond motifs is 3. The van der Waals surface area contributed by atoms with Crippen LogP contribution in [-0.2, 0) is 4.79 Å². The number of halogens is 1. The molecule has 1 saturated carbocycles. The molecule has 25 heavy (non-hydrogen) atoms. The molecule has 1 fully saturated rings. The Labute approximate surface area is 161 Å². The molecule has 0 aromatic heterocycles. The van der Waals surface area contributed by atoms with Gasteiger partial charge in [0, 0.05) is 21.0 Å². The second kappa shape index (κ2) is 7.42. The second-order valence-corrected chi connectivity index (χ2v) is 8.58. The summed E-state index contributed by atoms with van der Waals surface area (Å²) in [7, 11) is 0. The predicted molar refractivity (Wildman–Crippen MR) is 108 cm³/mol. The molecular formula is C20H21BrN2OS. The Morgan fingerprint density at radius 2 is 1.84 bits per heavy atom. The van der Waals surface area contributed by atoms with Crippen molar-refractivity contribution < 1.29 is 4.79 Å². The van der Waals surface area contributed by atoms with Gasteiger partial charge in [-0.2, -0.15) is 0 Å². The maximum atomic E-state index is 12.6. The van der Waals surface area contributed by atoms with Gasteiger partial charge in [-0.15, -0.1) is 0 Å². The van der Waals surface area contributed by atoms with Crippen LogP contribution >= 0.6 is 27.9 Å². The summed E-state index contributed by atoms with van der Waals surface area (Å²) in [4.78, 5) is 13.8. The molecule has 130 valence electrons. The Morgan fingerprint density at radius 1 is 1.08 bits per heavy atom. The van der Waals surface area contributed by atoms with Gasteiger partial charge < -0.3 is 9.62 Å². The zero-order chi connectivity index (χ0) is 17.2. The van der Waals surface area contributed by atoms with Crippen molar-refractivity contribution in [2.24, 2.45) is 0 Å². The molecule has 1 N–H and O–H groups in total. The number of benzene rings is 2. The highest BCUT2D eigenvalue weighted by Gasteiger charge is 2.27. The van der Waals surface area contributed by atoms with Crippen molar-refractivity contribution in [3.63, 3.8) is 0 Å². The number of anilines is 1.